The van der Waals surface area contributed by atoms with Gasteiger partial charge in [-0.05, 0) is 70.1 Å². The summed E-state index contributed by atoms with van der Waals surface area (Å²) in [5.74, 6) is -0.313. The Morgan fingerprint density at radius 2 is 1.59 bits per heavy atom. The Bertz CT molecular complexity index is 724. The summed E-state index contributed by atoms with van der Waals surface area (Å²) in [5, 5.41) is 19.4. The van der Waals surface area contributed by atoms with Gasteiger partial charge >= 0.3 is 0 Å². The lowest BCUT2D eigenvalue weighted by Gasteiger charge is -2.34. The number of benzene rings is 1. The van der Waals surface area contributed by atoms with Gasteiger partial charge in [-0.2, -0.15) is 0 Å². The molecule has 0 aromatic heterocycles. The SMILES string of the molecule is CC(C)(C)NC1CCC(NC(=O)CNC(=O)c2ccc(O)c(C(C)(C)C)c2)CC1. The van der Waals surface area contributed by atoms with Crippen LogP contribution in [0.2, 0.25) is 0 Å². The predicted molar refractivity (Wildman–Crippen MR) is 116 cm³/mol. The largest absolute Gasteiger partial charge is 0.508 e. The number of nitrogens with one attached hydrogen (secondary N) is 3. The summed E-state index contributed by atoms with van der Waals surface area (Å²) < 4.78 is 0. The first-order valence-electron chi connectivity index (χ1n) is 10.5. The molecule has 0 bridgehead atoms. The molecule has 1 aromatic rings. The van der Waals surface area contributed by atoms with Crippen molar-refractivity contribution in [3.05, 3.63) is 29.3 Å². The quantitative estimate of drug-likeness (QED) is 0.608. The van der Waals surface area contributed by atoms with E-state index in [9.17, 15) is 14.7 Å². The Kier molecular flexibility index (Phi) is 7.33. The van der Waals surface area contributed by atoms with Gasteiger partial charge in [-0.1, -0.05) is 20.8 Å². The molecule has 1 saturated carbocycles. The highest BCUT2D eigenvalue weighted by molar-refractivity contribution is 5.96. The van der Waals surface area contributed by atoms with Gasteiger partial charge in [0.2, 0.25) is 5.91 Å². The molecule has 1 aromatic carbocycles. The topological polar surface area (TPSA) is 90.5 Å². The third-order valence-electron chi connectivity index (χ3n) is 5.21. The lowest BCUT2D eigenvalue weighted by Crippen LogP contribution is -2.49. The highest BCUT2D eigenvalue weighted by atomic mass is 16.3. The normalized spacial score (nSPS) is 20.2. The van der Waals surface area contributed by atoms with E-state index in [1.807, 2.05) is 20.8 Å². The molecule has 0 aliphatic heterocycles. The van der Waals surface area contributed by atoms with Gasteiger partial charge in [0.1, 0.15) is 5.75 Å². The minimum Gasteiger partial charge on any atom is -0.508 e. The Morgan fingerprint density at radius 3 is 2.14 bits per heavy atom. The molecule has 0 unspecified atom stereocenters. The molecule has 4 N–H and O–H groups in total. The summed E-state index contributed by atoms with van der Waals surface area (Å²) in [6, 6.07) is 5.44. The van der Waals surface area contributed by atoms with Crippen molar-refractivity contribution < 1.29 is 14.7 Å². The fourth-order valence-corrected chi connectivity index (χ4v) is 3.81. The Balaban J connectivity index is 1.81. The molecule has 2 amide bonds. The van der Waals surface area contributed by atoms with Crippen molar-refractivity contribution in [3.63, 3.8) is 0 Å². The number of hydrogen-bond donors (Lipinski definition) is 4. The average molecular weight is 404 g/mol. The lowest BCUT2D eigenvalue weighted by molar-refractivity contribution is -0.121. The van der Waals surface area contributed by atoms with Crippen molar-refractivity contribution in [2.45, 2.75) is 90.3 Å². The molecule has 29 heavy (non-hydrogen) atoms. The van der Waals surface area contributed by atoms with Crippen LogP contribution in [0.1, 0.15) is 83.1 Å². The molecule has 0 saturated heterocycles. The second-order valence-corrected chi connectivity index (χ2v) is 10.2. The van der Waals surface area contributed by atoms with Gasteiger partial charge in [0.25, 0.3) is 5.91 Å². The molecule has 1 fully saturated rings. The lowest BCUT2D eigenvalue weighted by atomic mass is 9.85. The molecule has 162 valence electrons. The number of carbonyl (C=O) groups is 2. The summed E-state index contributed by atoms with van der Waals surface area (Å²) >= 11 is 0. The minimum atomic E-state index is -0.316. The van der Waals surface area contributed by atoms with Crippen molar-refractivity contribution in [2.75, 3.05) is 6.54 Å². The fraction of sp³-hybridized carbons (Fsp3) is 0.652. The number of rotatable bonds is 5. The number of amides is 2. The van der Waals surface area contributed by atoms with Crippen LogP contribution in [-0.2, 0) is 10.2 Å². The average Bonchev–Trinajstić information content (AvgIpc) is 2.59. The third-order valence-corrected chi connectivity index (χ3v) is 5.21. The van der Waals surface area contributed by atoms with E-state index in [-0.39, 0.29) is 41.1 Å². The van der Waals surface area contributed by atoms with E-state index >= 15 is 0 Å². The number of aromatic hydroxyl groups is 1. The van der Waals surface area contributed by atoms with Crippen LogP contribution in [0.3, 0.4) is 0 Å². The molecule has 1 aliphatic rings. The van der Waals surface area contributed by atoms with Crippen molar-refractivity contribution >= 4 is 11.8 Å². The molecule has 2 rings (SSSR count). The summed E-state index contributed by atoms with van der Waals surface area (Å²) in [7, 11) is 0. The molecule has 0 spiro atoms. The number of phenolic OH excluding ortho intramolecular Hbond substituents is 1. The van der Waals surface area contributed by atoms with Gasteiger partial charge in [0.05, 0.1) is 6.54 Å². The van der Waals surface area contributed by atoms with Crippen molar-refractivity contribution in [1.29, 1.82) is 0 Å². The molecule has 0 radical (unpaired) electrons. The van der Waals surface area contributed by atoms with Gasteiger partial charge in [-0.3, -0.25) is 9.59 Å². The van der Waals surface area contributed by atoms with E-state index in [0.717, 1.165) is 25.7 Å². The zero-order valence-corrected chi connectivity index (χ0v) is 18.7. The Hall–Kier alpha value is -2.08. The summed E-state index contributed by atoms with van der Waals surface area (Å²) in [5.41, 5.74) is 0.967. The van der Waals surface area contributed by atoms with E-state index in [0.29, 0.717) is 17.2 Å². The zero-order chi connectivity index (χ0) is 21.8. The zero-order valence-electron chi connectivity index (χ0n) is 18.7. The second-order valence-electron chi connectivity index (χ2n) is 10.2. The third kappa shape index (κ3) is 7.35. The van der Waals surface area contributed by atoms with E-state index < -0.39 is 0 Å². The fourth-order valence-electron chi connectivity index (χ4n) is 3.81. The number of phenols is 1. The maximum atomic E-state index is 12.4. The van der Waals surface area contributed by atoms with Crippen LogP contribution in [0, 0.1) is 0 Å². The minimum absolute atomic E-state index is 0.0509. The Labute approximate surface area is 174 Å². The maximum absolute atomic E-state index is 12.4. The maximum Gasteiger partial charge on any atom is 0.251 e. The monoisotopic (exact) mass is 403 g/mol. The molecular weight excluding hydrogens is 366 g/mol. The van der Waals surface area contributed by atoms with E-state index in [2.05, 4.69) is 36.7 Å². The first-order chi connectivity index (χ1) is 13.3. The standard InChI is InChI=1S/C23H37N3O3/c1-22(2,3)18-13-15(7-12-19(18)27)21(29)24-14-20(28)25-16-8-10-17(11-9-16)26-23(4,5)6/h7,12-13,16-17,26-27H,8-11,14H2,1-6H3,(H,24,29)(H,25,28). The van der Waals surface area contributed by atoms with Crippen LogP contribution >= 0.6 is 0 Å². The second kappa shape index (κ2) is 9.16. The van der Waals surface area contributed by atoms with Crippen molar-refractivity contribution in [1.82, 2.24) is 16.0 Å². The molecule has 1 aliphatic carbocycles. The van der Waals surface area contributed by atoms with Crippen molar-refractivity contribution in [2.24, 2.45) is 0 Å². The molecule has 0 heterocycles. The van der Waals surface area contributed by atoms with Crippen LogP contribution in [0.15, 0.2) is 18.2 Å². The van der Waals surface area contributed by atoms with E-state index in [1.54, 1.807) is 12.1 Å². The molecule has 0 atom stereocenters. The molecule has 6 nitrogen and oxygen atoms in total. The highest BCUT2D eigenvalue weighted by Gasteiger charge is 2.25. The van der Waals surface area contributed by atoms with Crippen LogP contribution in [0.4, 0.5) is 0 Å². The van der Waals surface area contributed by atoms with Gasteiger partial charge < -0.3 is 21.1 Å². The van der Waals surface area contributed by atoms with Crippen LogP contribution < -0.4 is 16.0 Å². The smallest absolute Gasteiger partial charge is 0.251 e. The number of hydrogen-bond acceptors (Lipinski definition) is 4. The van der Waals surface area contributed by atoms with Crippen LogP contribution in [0.5, 0.6) is 5.75 Å². The predicted octanol–water partition coefficient (Wildman–Crippen LogP) is 3.24. The van der Waals surface area contributed by atoms with Gasteiger partial charge in [0.15, 0.2) is 0 Å². The number of carbonyl (C=O) groups excluding carboxylic acids is 2. The summed E-state index contributed by atoms with van der Waals surface area (Å²) in [6.45, 7) is 12.4. The van der Waals surface area contributed by atoms with Crippen LogP contribution in [0.25, 0.3) is 0 Å². The van der Waals surface area contributed by atoms with Gasteiger partial charge in [-0.25, -0.2) is 0 Å². The van der Waals surface area contributed by atoms with Gasteiger partial charge in [0, 0.05) is 28.7 Å². The Morgan fingerprint density at radius 1 is 1.00 bits per heavy atom. The molecule has 6 heteroatoms. The first-order valence-corrected chi connectivity index (χ1v) is 10.5. The first kappa shape index (κ1) is 23.2. The molecular formula is C23H37N3O3. The van der Waals surface area contributed by atoms with E-state index in [4.69, 9.17) is 0 Å². The summed E-state index contributed by atoms with van der Waals surface area (Å²) in [6.07, 6.45) is 3.97. The van der Waals surface area contributed by atoms with Crippen LogP contribution in [-0.4, -0.2) is 41.1 Å². The van der Waals surface area contributed by atoms with Crippen molar-refractivity contribution in [3.8, 4) is 5.75 Å². The summed E-state index contributed by atoms with van der Waals surface area (Å²) in [4.78, 5) is 24.7. The van der Waals surface area contributed by atoms with E-state index in [1.165, 1.54) is 6.07 Å². The van der Waals surface area contributed by atoms with Gasteiger partial charge in [-0.15, -0.1) is 0 Å². The highest BCUT2D eigenvalue weighted by Crippen LogP contribution is 2.31.